The first-order valence-corrected chi connectivity index (χ1v) is 6.98. The van der Waals surface area contributed by atoms with E-state index in [9.17, 15) is 4.79 Å². The van der Waals surface area contributed by atoms with Gasteiger partial charge in [-0.25, -0.2) is 4.98 Å². The second kappa shape index (κ2) is 7.94. The highest BCUT2D eigenvalue weighted by Crippen LogP contribution is 2.16. The summed E-state index contributed by atoms with van der Waals surface area (Å²) in [6.07, 6.45) is 5.13. The van der Waals surface area contributed by atoms with Crippen LogP contribution in [0.25, 0.3) is 0 Å². The van der Waals surface area contributed by atoms with Crippen molar-refractivity contribution in [3.05, 3.63) is 17.8 Å². The van der Waals surface area contributed by atoms with Crippen molar-refractivity contribution in [1.29, 1.82) is 0 Å². The van der Waals surface area contributed by atoms with Crippen molar-refractivity contribution in [2.45, 2.75) is 52.5 Å². The van der Waals surface area contributed by atoms with E-state index in [1.165, 1.54) is 0 Å². The zero-order valence-corrected chi connectivity index (χ0v) is 12.1. The highest BCUT2D eigenvalue weighted by Gasteiger charge is 2.15. The third-order valence-electron chi connectivity index (χ3n) is 3.32. The van der Waals surface area contributed by atoms with E-state index in [0.29, 0.717) is 24.8 Å². The fourth-order valence-electron chi connectivity index (χ4n) is 2.07. The molecule has 0 fully saturated rings. The first kappa shape index (κ1) is 15.7. The van der Waals surface area contributed by atoms with Crippen LogP contribution in [0.15, 0.2) is 10.6 Å². The number of rotatable bonds is 8. The molecule has 1 aromatic rings. The van der Waals surface area contributed by atoms with Crippen LogP contribution >= 0.6 is 0 Å². The number of hydrogen-bond donors (Lipinski definition) is 2. The maximum Gasteiger partial charge on any atom is 0.220 e. The molecule has 19 heavy (non-hydrogen) atoms. The van der Waals surface area contributed by atoms with Gasteiger partial charge in [0, 0.05) is 6.42 Å². The predicted octanol–water partition coefficient (Wildman–Crippen LogP) is 2.32. The number of nitrogens with zero attached hydrogens (tertiary/aromatic N) is 1. The summed E-state index contributed by atoms with van der Waals surface area (Å²) in [7, 11) is 0. The quantitative estimate of drug-likeness (QED) is 0.757. The Morgan fingerprint density at radius 3 is 2.79 bits per heavy atom. The summed E-state index contributed by atoms with van der Waals surface area (Å²) in [6, 6.07) is -0.184. The van der Waals surface area contributed by atoms with Gasteiger partial charge in [0.25, 0.3) is 0 Å². The van der Waals surface area contributed by atoms with Gasteiger partial charge in [0.05, 0.1) is 6.20 Å². The summed E-state index contributed by atoms with van der Waals surface area (Å²) in [6.45, 7) is 6.53. The molecule has 108 valence electrons. The summed E-state index contributed by atoms with van der Waals surface area (Å²) < 4.78 is 5.39. The lowest BCUT2D eigenvalue weighted by Gasteiger charge is -2.14. The molecule has 3 N–H and O–H groups in total. The van der Waals surface area contributed by atoms with Crippen LogP contribution in [0.5, 0.6) is 0 Å². The van der Waals surface area contributed by atoms with Gasteiger partial charge in [0.15, 0.2) is 0 Å². The van der Waals surface area contributed by atoms with Gasteiger partial charge >= 0.3 is 0 Å². The molecule has 0 spiro atoms. The molecule has 0 saturated heterocycles. The van der Waals surface area contributed by atoms with Gasteiger partial charge in [-0.2, -0.15) is 0 Å². The van der Waals surface area contributed by atoms with Gasteiger partial charge in [0.1, 0.15) is 11.8 Å². The molecule has 5 heteroatoms. The van der Waals surface area contributed by atoms with Crippen LogP contribution in [-0.2, 0) is 4.79 Å². The number of nitrogens with two attached hydrogens (primary N) is 1. The number of aromatic nitrogens is 1. The van der Waals surface area contributed by atoms with Crippen molar-refractivity contribution in [2.75, 3.05) is 6.54 Å². The van der Waals surface area contributed by atoms with Crippen molar-refractivity contribution < 1.29 is 9.21 Å². The number of nitrogens with one attached hydrogen (secondary N) is 1. The number of amides is 1. The lowest BCUT2D eigenvalue weighted by atomic mass is 9.96. The lowest BCUT2D eigenvalue weighted by molar-refractivity contribution is -0.122. The van der Waals surface area contributed by atoms with Crippen molar-refractivity contribution in [2.24, 2.45) is 11.7 Å². The Kier molecular flexibility index (Phi) is 6.56. The van der Waals surface area contributed by atoms with Gasteiger partial charge in [-0.05, 0) is 39.2 Å². The number of aryl methyl sites for hydroxylation is 1. The fraction of sp³-hybridized carbons (Fsp3) is 0.714. The van der Waals surface area contributed by atoms with Gasteiger partial charge in [-0.15, -0.1) is 0 Å². The fourth-order valence-corrected chi connectivity index (χ4v) is 2.07. The number of carbonyl (C=O) groups is 1. The van der Waals surface area contributed by atoms with E-state index in [2.05, 4.69) is 17.2 Å². The molecule has 1 rings (SSSR count). The Morgan fingerprint density at radius 2 is 2.26 bits per heavy atom. The second-order valence-electron chi connectivity index (χ2n) is 4.99. The maximum atomic E-state index is 11.8. The standard InChI is InChI=1S/C14H25N3O2/c1-4-12(7-8-15)5-6-13(18)17-11(3)14-16-9-10(2)19-14/h9,11-12H,4-8,15H2,1-3H3,(H,17,18). The molecule has 1 aromatic heterocycles. The minimum atomic E-state index is -0.184. The zero-order valence-electron chi connectivity index (χ0n) is 12.1. The summed E-state index contributed by atoms with van der Waals surface area (Å²) in [5, 5.41) is 2.90. The second-order valence-corrected chi connectivity index (χ2v) is 4.99. The first-order valence-electron chi connectivity index (χ1n) is 6.98. The lowest BCUT2D eigenvalue weighted by Crippen LogP contribution is -2.27. The molecular weight excluding hydrogens is 242 g/mol. The largest absolute Gasteiger partial charge is 0.444 e. The van der Waals surface area contributed by atoms with Gasteiger partial charge < -0.3 is 15.5 Å². The Labute approximate surface area is 115 Å². The molecule has 0 aliphatic carbocycles. The molecule has 0 saturated carbocycles. The van der Waals surface area contributed by atoms with E-state index in [4.69, 9.17) is 10.2 Å². The summed E-state index contributed by atoms with van der Waals surface area (Å²) in [5.41, 5.74) is 5.55. The van der Waals surface area contributed by atoms with Crippen LogP contribution in [-0.4, -0.2) is 17.4 Å². The SMILES string of the molecule is CCC(CCN)CCC(=O)NC(C)c1ncc(C)o1. The normalized spacial score (nSPS) is 14.1. The Morgan fingerprint density at radius 1 is 1.53 bits per heavy atom. The molecule has 0 radical (unpaired) electrons. The summed E-state index contributed by atoms with van der Waals surface area (Å²) in [5.74, 6) is 1.89. The van der Waals surface area contributed by atoms with Crippen molar-refractivity contribution in [3.8, 4) is 0 Å². The molecule has 0 aliphatic rings. The molecule has 0 bridgehead atoms. The average molecular weight is 267 g/mol. The number of oxazole rings is 1. The van der Waals surface area contributed by atoms with Gasteiger partial charge in [-0.1, -0.05) is 13.3 Å². The zero-order chi connectivity index (χ0) is 14.3. The van der Waals surface area contributed by atoms with Crippen LogP contribution in [0.3, 0.4) is 0 Å². The van der Waals surface area contributed by atoms with Crippen molar-refractivity contribution in [1.82, 2.24) is 10.3 Å². The molecule has 1 heterocycles. The molecule has 5 nitrogen and oxygen atoms in total. The minimum absolute atomic E-state index is 0.0406. The van der Waals surface area contributed by atoms with E-state index < -0.39 is 0 Å². The molecule has 1 amide bonds. The molecule has 0 aliphatic heterocycles. The molecule has 0 aromatic carbocycles. The van der Waals surface area contributed by atoms with Crippen LogP contribution < -0.4 is 11.1 Å². The number of carbonyl (C=O) groups excluding carboxylic acids is 1. The third-order valence-corrected chi connectivity index (χ3v) is 3.32. The monoisotopic (exact) mass is 267 g/mol. The Balaban J connectivity index is 2.34. The highest BCUT2D eigenvalue weighted by atomic mass is 16.4. The Hall–Kier alpha value is -1.36. The maximum absolute atomic E-state index is 11.8. The predicted molar refractivity (Wildman–Crippen MR) is 74.5 cm³/mol. The van der Waals surface area contributed by atoms with E-state index >= 15 is 0 Å². The number of hydrogen-bond acceptors (Lipinski definition) is 4. The topological polar surface area (TPSA) is 81.2 Å². The van der Waals surface area contributed by atoms with E-state index in [-0.39, 0.29) is 11.9 Å². The summed E-state index contributed by atoms with van der Waals surface area (Å²) in [4.78, 5) is 16.0. The van der Waals surface area contributed by atoms with E-state index in [0.717, 1.165) is 25.0 Å². The minimum Gasteiger partial charge on any atom is -0.444 e. The van der Waals surface area contributed by atoms with Crippen LogP contribution in [0, 0.1) is 12.8 Å². The van der Waals surface area contributed by atoms with Gasteiger partial charge in [-0.3, -0.25) is 4.79 Å². The van der Waals surface area contributed by atoms with Crippen molar-refractivity contribution in [3.63, 3.8) is 0 Å². The van der Waals surface area contributed by atoms with Gasteiger partial charge in [0.2, 0.25) is 11.8 Å². The van der Waals surface area contributed by atoms with E-state index in [1.807, 2.05) is 13.8 Å². The average Bonchev–Trinajstić information content (AvgIpc) is 2.81. The Bertz CT molecular complexity index is 390. The molecular formula is C14H25N3O2. The van der Waals surface area contributed by atoms with Crippen LogP contribution in [0.4, 0.5) is 0 Å². The van der Waals surface area contributed by atoms with Crippen LogP contribution in [0.2, 0.25) is 0 Å². The van der Waals surface area contributed by atoms with Crippen molar-refractivity contribution >= 4 is 5.91 Å². The smallest absolute Gasteiger partial charge is 0.220 e. The summed E-state index contributed by atoms with van der Waals surface area (Å²) >= 11 is 0. The van der Waals surface area contributed by atoms with Crippen LogP contribution in [0.1, 0.15) is 57.2 Å². The molecule has 2 unspecified atom stereocenters. The third kappa shape index (κ3) is 5.42. The first-order chi connectivity index (χ1) is 9.06. The van der Waals surface area contributed by atoms with E-state index in [1.54, 1.807) is 6.20 Å². The highest BCUT2D eigenvalue weighted by molar-refractivity contribution is 5.76. The molecule has 2 atom stereocenters.